The summed E-state index contributed by atoms with van der Waals surface area (Å²) in [7, 11) is -3.63. The van der Waals surface area contributed by atoms with E-state index in [9.17, 15) is 18.0 Å². The summed E-state index contributed by atoms with van der Waals surface area (Å²) in [4.78, 5) is 23.9. The van der Waals surface area contributed by atoms with Crippen LogP contribution < -0.4 is 4.72 Å². The van der Waals surface area contributed by atoms with Crippen molar-refractivity contribution in [2.24, 2.45) is 0 Å². The largest absolute Gasteiger partial charge is 0.332 e. The smallest absolute Gasteiger partial charge is 0.240 e. The summed E-state index contributed by atoms with van der Waals surface area (Å²) >= 11 is 0. The third-order valence-electron chi connectivity index (χ3n) is 3.28. The maximum absolute atomic E-state index is 12.2. The van der Waals surface area contributed by atoms with Gasteiger partial charge in [0.15, 0.2) is 0 Å². The number of benzene rings is 1. The molecule has 0 aliphatic carbocycles. The number of amides is 1. The molecular weight excluding hydrogens is 280 g/mol. The Bertz CT molecular complexity index is 600. The average molecular weight is 296 g/mol. The lowest BCUT2D eigenvalue weighted by Gasteiger charge is -2.18. The zero-order chi connectivity index (χ0) is 14.8. The van der Waals surface area contributed by atoms with Gasteiger partial charge in [-0.3, -0.25) is 4.79 Å². The number of nitrogens with zero attached hydrogens (tertiary/aromatic N) is 1. The Hall–Kier alpha value is -1.73. The third-order valence-corrected chi connectivity index (χ3v) is 4.82. The van der Waals surface area contributed by atoms with E-state index < -0.39 is 22.1 Å². The number of carbonyl (C=O) groups is 2. The summed E-state index contributed by atoms with van der Waals surface area (Å²) in [6.45, 7) is 1.58. The van der Waals surface area contributed by atoms with Gasteiger partial charge in [-0.15, -0.1) is 0 Å². The van der Waals surface area contributed by atoms with E-state index >= 15 is 0 Å². The normalized spacial score (nSPS) is 22.8. The molecular formula is C13H16N2O4S. The lowest BCUT2D eigenvalue weighted by molar-refractivity contribution is -0.132. The van der Waals surface area contributed by atoms with Crippen LogP contribution in [0, 0.1) is 0 Å². The number of carbonyl (C=O) groups excluding carboxylic acids is 2. The van der Waals surface area contributed by atoms with Crippen LogP contribution in [0.4, 0.5) is 0 Å². The van der Waals surface area contributed by atoms with Crippen molar-refractivity contribution < 1.29 is 18.0 Å². The molecule has 1 aromatic carbocycles. The molecule has 0 bridgehead atoms. The number of aldehydes is 1. The Morgan fingerprint density at radius 3 is 2.50 bits per heavy atom. The van der Waals surface area contributed by atoms with Crippen LogP contribution in [0.3, 0.4) is 0 Å². The van der Waals surface area contributed by atoms with Gasteiger partial charge in [0, 0.05) is 19.5 Å². The highest BCUT2D eigenvalue weighted by Gasteiger charge is 2.35. The first-order valence-electron chi connectivity index (χ1n) is 6.24. The molecule has 1 aliphatic heterocycles. The Morgan fingerprint density at radius 1 is 1.35 bits per heavy atom. The minimum absolute atomic E-state index is 0.170. The van der Waals surface area contributed by atoms with Crippen LogP contribution >= 0.6 is 0 Å². The van der Waals surface area contributed by atoms with Crippen LogP contribution in [0.25, 0.3) is 0 Å². The topological polar surface area (TPSA) is 83.6 Å². The van der Waals surface area contributed by atoms with Gasteiger partial charge in [0.1, 0.15) is 6.29 Å². The molecule has 1 fully saturated rings. The third kappa shape index (κ3) is 3.05. The van der Waals surface area contributed by atoms with Crippen molar-refractivity contribution in [1.82, 2.24) is 9.62 Å². The predicted molar refractivity (Wildman–Crippen MR) is 72.4 cm³/mol. The highest BCUT2D eigenvalue weighted by Crippen LogP contribution is 2.18. The SMILES string of the molecule is CC(=O)N1C[C@H](NS(=O)(=O)c2ccccc2)C[C@H]1C=O. The lowest BCUT2D eigenvalue weighted by Crippen LogP contribution is -2.38. The molecule has 108 valence electrons. The van der Waals surface area contributed by atoms with E-state index in [0.717, 1.165) is 0 Å². The predicted octanol–water partition coefficient (Wildman–Crippen LogP) is 0.153. The van der Waals surface area contributed by atoms with Crippen molar-refractivity contribution in [3.8, 4) is 0 Å². The monoisotopic (exact) mass is 296 g/mol. The van der Waals surface area contributed by atoms with E-state index in [4.69, 9.17) is 0 Å². The van der Waals surface area contributed by atoms with Gasteiger partial charge in [0.2, 0.25) is 15.9 Å². The molecule has 1 N–H and O–H groups in total. The first-order chi connectivity index (χ1) is 9.44. The van der Waals surface area contributed by atoms with Crippen molar-refractivity contribution in [2.75, 3.05) is 6.54 Å². The summed E-state index contributed by atoms with van der Waals surface area (Å²) in [5, 5.41) is 0. The van der Waals surface area contributed by atoms with Crippen LogP contribution in [0.15, 0.2) is 35.2 Å². The van der Waals surface area contributed by atoms with E-state index in [-0.39, 0.29) is 17.3 Å². The number of hydrogen-bond donors (Lipinski definition) is 1. The molecule has 20 heavy (non-hydrogen) atoms. The van der Waals surface area contributed by atoms with Crippen molar-refractivity contribution in [3.63, 3.8) is 0 Å². The zero-order valence-corrected chi connectivity index (χ0v) is 11.8. The zero-order valence-electron chi connectivity index (χ0n) is 11.0. The fourth-order valence-electron chi connectivity index (χ4n) is 2.33. The number of sulfonamides is 1. The van der Waals surface area contributed by atoms with E-state index in [0.29, 0.717) is 12.7 Å². The fourth-order valence-corrected chi connectivity index (χ4v) is 3.59. The first-order valence-corrected chi connectivity index (χ1v) is 7.72. The second-order valence-electron chi connectivity index (χ2n) is 4.74. The van der Waals surface area contributed by atoms with Crippen molar-refractivity contribution in [1.29, 1.82) is 0 Å². The second kappa shape index (κ2) is 5.72. The van der Waals surface area contributed by atoms with Gasteiger partial charge in [-0.05, 0) is 18.6 Å². The van der Waals surface area contributed by atoms with E-state index in [1.807, 2.05) is 0 Å². The van der Waals surface area contributed by atoms with Crippen LogP contribution in [-0.2, 0) is 19.6 Å². The Morgan fingerprint density at radius 2 is 2.00 bits per heavy atom. The summed E-state index contributed by atoms with van der Waals surface area (Å²) in [5.41, 5.74) is 0. The molecule has 7 heteroatoms. The van der Waals surface area contributed by atoms with Crippen molar-refractivity contribution in [3.05, 3.63) is 30.3 Å². The van der Waals surface area contributed by atoms with Crippen LogP contribution in [0.2, 0.25) is 0 Å². The average Bonchev–Trinajstić information content (AvgIpc) is 2.82. The highest BCUT2D eigenvalue weighted by atomic mass is 32.2. The van der Waals surface area contributed by atoms with E-state index in [1.165, 1.54) is 24.0 Å². The molecule has 0 spiro atoms. The van der Waals surface area contributed by atoms with Gasteiger partial charge in [0.05, 0.1) is 10.9 Å². The van der Waals surface area contributed by atoms with Crippen molar-refractivity contribution >= 4 is 22.2 Å². The minimum Gasteiger partial charge on any atom is -0.332 e. The molecule has 1 aliphatic rings. The molecule has 6 nitrogen and oxygen atoms in total. The molecule has 0 aromatic heterocycles. The summed E-state index contributed by atoms with van der Waals surface area (Å²) < 4.78 is 26.9. The molecule has 0 unspecified atom stereocenters. The molecule has 1 heterocycles. The van der Waals surface area contributed by atoms with Crippen LogP contribution in [0.5, 0.6) is 0 Å². The van der Waals surface area contributed by atoms with Gasteiger partial charge in [-0.25, -0.2) is 13.1 Å². The number of hydrogen-bond acceptors (Lipinski definition) is 4. The van der Waals surface area contributed by atoms with Gasteiger partial charge >= 0.3 is 0 Å². The first kappa shape index (κ1) is 14.7. The van der Waals surface area contributed by atoms with E-state index in [2.05, 4.69) is 4.72 Å². The molecule has 0 radical (unpaired) electrons. The molecule has 1 saturated heterocycles. The second-order valence-corrected chi connectivity index (χ2v) is 6.46. The molecule has 0 saturated carbocycles. The van der Waals surface area contributed by atoms with Gasteiger partial charge in [-0.2, -0.15) is 0 Å². The summed E-state index contributed by atoms with van der Waals surface area (Å²) in [5.74, 6) is -0.233. The van der Waals surface area contributed by atoms with Gasteiger partial charge in [-0.1, -0.05) is 18.2 Å². The fraction of sp³-hybridized carbons (Fsp3) is 0.385. The lowest BCUT2D eigenvalue weighted by atomic mass is 10.2. The standard InChI is InChI=1S/C13H16N2O4S/c1-10(17)15-8-11(7-12(15)9-16)14-20(18,19)13-5-3-2-4-6-13/h2-6,9,11-12,14H,7-8H2,1H3/t11-,12+/m1/s1. The Labute approximate surface area is 117 Å². The van der Waals surface area contributed by atoms with Crippen molar-refractivity contribution in [2.45, 2.75) is 30.3 Å². The number of nitrogens with one attached hydrogen (secondary N) is 1. The Kier molecular flexibility index (Phi) is 4.20. The number of likely N-dealkylation sites (tertiary alicyclic amines) is 1. The molecule has 1 amide bonds. The quantitative estimate of drug-likeness (QED) is 0.802. The maximum Gasteiger partial charge on any atom is 0.240 e. The molecule has 2 atom stereocenters. The highest BCUT2D eigenvalue weighted by molar-refractivity contribution is 7.89. The van der Waals surface area contributed by atoms with Gasteiger partial charge < -0.3 is 9.69 Å². The summed E-state index contributed by atoms with van der Waals surface area (Å²) in [6, 6.07) is 7.00. The van der Waals surface area contributed by atoms with Crippen LogP contribution in [-0.4, -0.2) is 44.1 Å². The van der Waals surface area contributed by atoms with Gasteiger partial charge in [0.25, 0.3) is 0 Å². The molecule has 2 rings (SSSR count). The van der Waals surface area contributed by atoms with E-state index in [1.54, 1.807) is 18.2 Å². The minimum atomic E-state index is -3.63. The Balaban J connectivity index is 2.12. The van der Waals surface area contributed by atoms with Crippen LogP contribution in [0.1, 0.15) is 13.3 Å². The summed E-state index contributed by atoms with van der Waals surface area (Å²) in [6.07, 6.45) is 0.980. The maximum atomic E-state index is 12.2. The number of rotatable bonds is 4. The molecule has 1 aromatic rings.